The summed E-state index contributed by atoms with van der Waals surface area (Å²) < 4.78 is 10.9. The Hall–Kier alpha value is -1.59. The second-order valence-electron chi connectivity index (χ2n) is 6.72. The van der Waals surface area contributed by atoms with Crippen LogP contribution in [0.15, 0.2) is 12.1 Å². The van der Waals surface area contributed by atoms with Crippen LogP contribution in [-0.4, -0.2) is 35.7 Å². The van der Waals surface area contributed by atoms with Crippen LogP contribution in [0.2, 0.25) is 0 Å². The minimum Gasteiger partial charge on any atom is -0.482 e. The van der Waals surface area contributed by atoms with Crippen LogP contribution in [0.25, 0.3) is 0 Å². The number of carboxylic acids is 1. The van der Waals surface area contributed by atoms with Gasteiger partial charge < -0.3 is 19.7 Å². The SMILES string of the molecule is Cc1cc(C2COC(O)C(C(C)C)C2)c(C)cc1OCC(=O)O. The van der Waals surface area contributed by atoms with Crippen molar-refractivity contribution in [1.29, 1.82) is 0 Å². The van der Waals surface area contributed by atoms with E-state index in [4.69, 9.17) is 14.6 Å². The van der Waals surface area contributed by atoms with Gasteiger partial charge in [0.15, 0.2) is 12.9 Å². The summed E-state index contributed by atoms with van der Waals surface area (Å²) in [7, 11) is 0. The van der Waals surface area contributed by atoms with Gasteiger partial charge in [-0.2, -0.15) is 0 Å². The number of carboxylic acid groups (broad SMARTS) is 1. The summed E-state index contributed by atoms with van der Waals surface area (Å²) in [5.74, 6) is 0.327. The molecule has 1 aliphatic heterocycles. The molecule has 0 bridgehead atoms. The molecule has 1 saturated heterocycles. The molecule has 23 heavy (non-hydrogen) atoms. The molecule has 1 fully saturated rings. The first-order valence-electron chi connectivity index (χ1n) is 8.05. The number of rotatable bonds is 5. The highest BCUT2D eigenvalue weighted by atomic mass is 16.6. The molecule has 128 valence electrons. The third-order valence-corrected chi connectivity index (χ3v) is 4.60. The van der Waals surface area contributed by atoms with E-state index in [0.29, 0.717) is 18.3 Å². The quantitative estimate of drug-likeness (QED) is 0.872. The molecule has 0 aromatic heterocycles. The van der Waals surface area contributed by atoms with Gasteiger partial charge in [-0.05, 0) is 48.9 Å². The molecule has 0 radical (unpaired) electrons. The highest BCUT2D eigenvalue weighted by Gasteiger charge is 2.33. The zero-order chi connectivity index (χ0) is 17.1. The fraction of sp³-hybridized carbons (Fsp3) is 0.611. The maximum absolute atomic E-state index is 10.6. The lowest BCUT2D eigenvalue weighted by Gasteiger charge is -2.36. The van der Waals surface area contributed by atoms with Crippen LogP contribution in [0.5, 0.6) is 5.75 Å². The van der Waals surface area contributed by atoms with Gasteiger partial charge in [0, 0.05) is 11.8 Å². The summed E-state index contributed by atoms with van der Waals surface area (Å²) in [5.41, 5.74) is 3.16. The van der Waals surface area contributed by atoms with Gasteiger partial charge in [0.05, 0.1) is 6.61 Å². The van der Waals surface area contributed by atoms with E-state index in [9.17, 15) is 9.90 Å². The molecule has 0 aliphatic carbocycles. The number of hydrogen-bond acceptors (Lipinski definition) is 4. The number of aliphatic hydroxyl groups excluding tert-OH is 1. The van der Waals surface area contributed by atoms with Crippen LogP contribution in [-0.2, 0) is 9.53 Å². The topological polar surface area (TPSA) is 76.0 Å². The van der Waals surface area contributed by atoms with Gasteiger partial charge in [-0.25, -0.2) is 4.79 Å². The van der Waals surface area contributed by atoms with E-state index >= 15 is 0 Å². The average Bonchev–Trinajstić information content (AvgIpc) is 2.48. The largest absolute Gasteiger partial charge is 0.482 e. The number of benzene rings is 1. The lowest BCUT2D eigenvalue weighted by Crippen LogP contribution is -2.36. The summed E-state index contributed by atoms with van der Waals surface area (Å²) in [6.07, 6.45) is 0.194. The summed E-state index contributed by atoms with van der Waals surface area (Å²) in [4.78, 5) is 10.6. The van der Waals surface area contributed by atoms with Gasteiger partial charge in [-0.15, -0.1) is 0 Å². The Balaban J connectivity index is 2.19. The van der Waals surface area contributed by atoms with E-state index in [2.05, 4.69) is 19.9 Å². The summed E-state index contributed by atoms with van der Waals surface area (Å²) in [6.45, 7) is 8.27. The number of ether oxygens (including phenoxy) is 2. The smallest absolute Gasteiger partial charge is 0.341 e. The van der Waals surface area contributed by atoms with Crippen molar-refractivity contribution >= 4 is 5.97 Å². The maximum Gasteiger partial charge on any atom is 0.341 e. The molecular formula is C18H26O5. The highest BCUT2D eigenvalue weighted by Crippen LogP contribution is 2.38. The van der Waals surface area contributed by atoms with Gasteiger partial charge in [0.1, 0.15) is 5.75 Å². The fourth-order valence-electron chi connectivity index (χ4n) is 3.22. The molecule has 1 aromatic rings. The van der Waals surface area contributed by atoms with Crippen molar-refractivity contribution in [2.24, 2.45) is 11.8 Å². The molecule has 3 atom stereocenters. The van der Waals surface area contributed by atoms with E-state index in [1.807, 2.05) is 19.9 Å². The van der Waals surface area contributed by atoms with E-state index in [1.165, 1.54) is 5.56 Å². The molecule has 0 spiro atoms. The minimum atomic E-state index is -0.986. The van der Waals surface area contributed by atoms with Crippen LogP contribution >= 0.6 is 0 Å². The Labute approximate surface area is 137 Å². The zero-order valence-electron chi connectivity index (χ0n) is 14.2. The van der Waals surface area contributed by atoms with Crippen molar-refractivity contribution in [3.05, 3.63) is 28.8 Å². The van der Waals surface area contributed by atoms with E-state index in [1.54, 1.807) is 0 Å². The number of aliphatic hydroxyl groups is 1. The molecular weight excluding hydrogens is 296 g/mol. The van der Waals surface area contributed by atoms with Crippen molar-refractivity contribution in [2.45, 2.75) is 46.3 Å². The van der Waals surface area contributed by atoms with Gasteiger partial charge >= 0.3 is 5.97 Å². The number of carbonyl (C=O) groups is 1. The van der Waals surface area contributed by atoms with E-state index in [-0.39, 0.29) is 18.4 Å². The van der Waals surface area contributed by atoms with Crippen molar-refractivity contribution in [3.63, 3.8) is 0 Å². The van der Waals surface area contributed by atoms with Crippen LogP contribution in [0, 0.1) is 25.7 Å². The summed E-state index contributed by atoms with van der Waals surface area (Å²) >= 11 is 0. The second-order valence-corrected chi connectivity index (χ2v) is 6.72. The molecule has 1 heterocycles. The molecule has 5 nitrogen and oxygen atoms in total. The number of hydrogen-bond donors (Lipinski definition) is 2. The lowest BCUT2D eigenvalue weighted by molar-refractivity contribution is -0.174. The lowest BCUT2D eigenvalue weighted by atomic mass is 9.80. The normalized spacial score (nSPS) is 24.7. The first-order chi connectivity index (χ1) is 10.8. The Morgan fingerprint density at radius 1 is 1.35 bits per heavy atom. The van der Waals surface area contributed by atoms with Crippen LogP contribution < -0.4 is 4.74 Å². The number of aryl methyl sites for hydroxylation is 2. The second kappa shape index (κ2) is 7.32. The summed E-state index contributed by atoms with van der Waals surface area (Å²) in [6, 6.07) is 3.94. The van der Waals surface area contributed by atoms with Crippen molar-refractivity contribution in [1.82, 2.24) is 0 Å². The summed E-state index contributed by atoms with van der Waals surface area (Å²) in [5, 5.41) is 18.7. The molecule has 0 amide bonds. The zero-order valence-corrected chi connectivity index (χ0v) is 14.2. The molecule has 0 saturated carbocycles. The van der Waals surface area contributed by atoms with Gasteiger partial charge in [0.25, 0.3) is 0 Å². The molecule has 2 N–H and O–H groups in total. The molecule has 5 heteroatoms. The predicted octanol–water partition coefficient (Wildman–Crippen LogP) is 2.86. The monoisotopic (exact) mass is 322 g/mol. The van der Waals surface area contributed by atoms with E-state index < -0.39 is 12.3 Å². The standard InChI is InChI=1S/C18H26O5/c1-10(2)14-7-13(8-23-18(14)21)15-5-12(4)16(6-11(15)3)22-9-17(19)20/h5-6,10,13-14,18,21H,7-9H2,1-4H3,(H,19,20). The predicted molar refractivity (Wildman–Crippen MR) is 86.7 cm³/mol. The Morgan fingerprint density at radius 3 is 2.65 bits per heavy atom. The Kier molecular flexibility index (Phi) is 5.65. The van der Waals surface area contributed by atoms with Gasteiger partial charge in [-0.3, -0.25) is 0 Å². The first-order valence-corrected chi connectivity index (χ1v) is 8.05. The maximum atomic E-state index is 10.6. The highest BCUT2D eigenvalue weighted by molar-refractivity contribution is 5.68. The van der Waals surface area contributed by atoms with Gasteiger partial charge in [-0.1, -0.05) is 19.9 Å². The molecule has 1 aromatic carbocycles. The van der Waals surface area contributed by atoms with Crippen molar-refractivity contribution in [2.75, 3.05) is 13.2 Å². The first kappa shape index (κ1) is 17.8. The van der Waals surface area contributed by atoms with Gasteiger partial charge in [0.2, 0.25) is 0 Å². The average molecular weight is 322 g/mol. The Morgan fingerprint density at radius 2 is 2.04 bits per heavy atom. The molecule has 3 unspecified atom stereocenters. The number of aliphatic carboxylic acids is 1. The van der Waals surface area contributed by atoms with Crippen molar-refractivity contribution in [3.8, 4) is 5.75 Å². The van der Waals surface area contributed by atoms with E-state index in [0.717, 1.165) is 17.5 Å². The van der Waals surface area contributed by atoms with Crippen LogP contribution in [0.1, 0.15) is 42.9 Å². The van der Waals surface area contributed by atoms with Crippen LogP contribution in [0.3, 0.4) is 0 Å². The molecule has 2 rings (SSSR count). The van der Waals surface area contributed by atoms with Crippen LogP contribution in [0.4, 0.5) is 0 Å². The minimum absolute atomic E-state index is 0.122. The Bertz CT molecular complexity index is 567. The van der Waals surface area contributed by atoms with Crippen molar-refractivity contribution < 1.29 is 24.5 Å². The fourth-order valence-corrected chi connectivity index (χ4v) is 3.22. The third kappa shape index (κ3) is 4.24. The molecule has 1 aliphatic rings. The third-order valence-electron chi connectivity index (χ3n) is 4.60.